The van der Waals surface area contributed by atoms with Crippen LogP contribution >= 0.6 is 11.8 Å². The van der Waals surface area contributed by atoms with Gasteiger partial charge in [-0.25, -0.2) is 9.97 Å². The van der Waals surface area contributed by atoms with Crippen LogP contribution in [0.2, 0.25) is 0 Å². The van der Waals surface area contributed by atoms with E-state index in [9.17, 15) is 4.79 Å². The summed E-state index contributed by atoms with van der Waals surface area (Å²) in [4.78, 5) is 25.8. The Balaban J connectivity index is 1.83. The van der Waals surface area contributed by atoms with E-state index in [1.165, 1.54) is 0 Å². The fraction of sp³-hybridized carbons (Fsp3) is 0.200. The summed E-state index contributed by atoms with van der Waals surface area (Å²) in [5.41, 5.74) is 7.95. The van der Waals surface area contributed by atoms with Gasteiger partial charge >= 0.3 is 0 Å². The SMILES string of the molecule is CSc1cccnc1C(C)(C)Nc1ncc(-c2cccc(C(N)=O)c2)cn1. The van der Waals surface area contributed by atoms with Gasteiger partial charge in [-0.05, 0) is 49.9 Å². The first-order valence-corrected chi connectivity index (χ1v) is 9.63. The summed E-state index contributed by atoms with van der Waals surface area (Å²) in [6.07, 6.45) is 7.26. The maximum atomic E-state index is 11.4. The molecule has 0 bridgehead atoms. The van der Waals surface area contributed by atoms with Crippen molar-refractivity contribution in [1.82, 2.24) is 15.0 Å². The molecule has 0 radical (unpaired) electrons. The van der Waals surface area contributed by atoms with Crippen molar-refractivity contribution < 1.29 is 4.79 Å². The fourth-order valence-corrected chi connectivity index (χ4v) is 3.47. The van der Waals surface area contributed by atoms with Crippen LogP contribution < -0.4 is 11.1 Å². The molecule has 0 aliphatic heterocycles. The first-order valence-electron chi connectivity index (χ1n) is 8.40. The fourth-order valence-electron chi connectivity index (χ4n) is 2.76. The minimum atomic E-state index is -0.460. The standard InChI is InChI=1S/C20H21N5OS/c1-20(2,17-16(27-3)8-5-9-22-17)25-19-23-11-15(12-24-19)13-6-4-7-14(10-13)18(21)26/h4-12H,1-3H3,(H2,21,26)(H,23,24,25). The molecule has 3 aromatic rings. The predicted octanol–water partition coefficient (Wildman–Crippen LogP) is 3.71. The Morgan fingerprint density at radius 3 is 2.48 bits per heavy atom. The Kier molecular flexibility index (Phi) is 5.41. The van der Waals surface area contributed by atoms with Crippen LogP contribution in [-0.4, -0.2) is 27.1 Å². The monoisotopic (exact) mass is 379 g/mol. The van der Waals surface area contributed by atoms with Crippen LogP contribution in [0.1, 0.15) is 29.9 Å². The van der Waals surface area contributed by atoms with Gasteiger partial charge in [0.05, 0.1) is 11.2 Å². The molecule has 1 amide bonds. The van der Waals surface area contributed by atoms with Gasteiger partial charge in [-0.15, -0.1) is 11.8 Å². The van der Waals surface area contributed by atoms with Crippen LogP contribution in [0.25, 0.3) is 11.1 Å². The van der Waals surface area contributed by atoms with Gasteiger partial charge in [0.1, 0.15) is 0 Å². The highest BCUT2D eigenvalue weighted by Gasteiger charge is 2.25. The summed E-state index contributed by atoms with van der Waals surface area (Å²) in [5, 5.41) is 3.35. The van der Waals surface area contributed by atoms with Gasteiger partial charge in [-0.3, -0.25) is 9.78 Å². The molecule has 0 atom stereocenters. The van der Waals surface area contributed by atoms with E-state index in [1.54, 1.807) is 48.6 Å². The lowest BCUT2D eigenvalue weighted by Gasteiger charge is -2.27. The Labute approximate surface area is 162 Å². The number of benzene rings is 1. The van der Waals surface area contributed by atoms with E-state index in [-0.39, 0.29) is 0 Å². The van der Waals surface area contributed by atoms with Crippen LogP contribution in [0.5, 0.6) is 0 Å². The quantitative estimate of drug-likeness (QED) is 0.634. The summed E-state index contributed by atoms with van der Waals surface area (Å²) >= 11 is 1.66. The largest absolute Gasteiger partial charge is 0.366 e. The number of nitrogens with one attached hydrogen (secondary N) is 1. The minimum absolute atomic E-state index is 0.437. The van der Waals surface area contributed by atoms with Gasteiger partial charge in [-0.2, -0.15) is 0 Å². The van der Waals surface area contributed by atoms with Crippen LogP contribution in [0.15, 0.2) is 59.9 Å². The van der Waals surface area contributed by atoms with E-state index in [1.807, 2.05) is 38.3 Å². The Hall–Kier alpha value is -2.93. The summed E-state index contributed by atoms with van der Waals surface area (Å²) in [5.74, 6) is 0.0466. The lowest BCUT2D eigenvalue weighted by molar-refractivity contribution is 0.100. The number of carbonyl (C=O) groups is 1. The minimum Gasteiger partial charge on any atom is -0.366 e. The van der Waals surface area contributed by atoms with E-state index < -0.39 is 11.4 Å². The number of pyridine rings is 1. The van der Waals surface area contributed by atoms with Gasteiger partial charge in [0.2, 0.25) is 11.9 Å². The summed E-state index contributed by atoms with van der Waals surface area (Å²) in [6.45, 7) is 4.09. The van der Waals surface area contributed by atoms with Crippen LogP contribution in [0.3, 0.4) is 0 Å². The smallest absolute Gasteiger partial charge is 0.248 e. The number of thioether (sulfide) groups is 1. The molecular formula is C20H21N5OS. The number of hydrogen-bond donors (Lipinski definition) is 2. The highest BCUT2D eigenvalue weighted by atomic mass is 32.2. The molecule has 3 N–H and O–H groups in total. The number of rotatable bonds is 6. The van der Waals surface area contributed by atoms with E-state index in [0.717, 1.165) is 21.7 Å². The van der Waals surface area contributed by atoms with Crippen molar-refractivity contribution in [2.45, 2.75) is 24.3 Å². The number of nitrogens with two attached hydrogens (primary N) is 1. The molecular weight excluding hydrogens is 358 g/mol. The number of aromatic nitrogens is 3. The zero-order valence-corrected chi connectivity index (χ0v) is 16.2. The van der Waals surface area contributed by atoms with E-state index in [2.05, 4.69) is 20.3 Å². The lowest BCUT2D eigenvalue weighted by atomic mass is 10.00. The number of carbonyl (C=O) groups excluding carboxylic acids is 1. The van der Waals surface area contributed by atoms with Crippen molar-refractivity contribution in [2.24, 2.45) is 5.73 Å². The molecule has 2 aromatic heterocycles. The average Bonchev–Trinajstić information content (AvgIpc) is 2.68. The second kappa shape index (κ2) is 7.75. The Morgan fingerprint density at radius 2 is 1.81 bits per heavy atom. The molecule has 0 aliphatic carbocycles. The first-order chi connectivity index (χ1) is 12.9. The third-order valence-electron chi connectivity index (χ3n) is 4.14. The second-order valence-corrected chi connectivity index (χ2v) is 7.39. The second-order valence-electron chi connectivity index (χ2n) is 6.54. The topological polar surface area (TPSA) is 93.8 Å². The number of hydrogen-bond acceptors (Lipinski definition) is 6. The molecule has 2 heterocycles. The van der Waals surface area contributed by atoms with Gasteiger partial charge in [0.25, 0.3) is 0 Å². The van der Waals surface area contributed by atoms with E-state index in [0.29, 0.717) is 11.5 Å². The molecule has 3 rings (SSSR count). The van der Waals surface area contributed by atoms with Crippen molar-refractivity contribution in [2.75, 3.05) is 11.6 Å². The number of amides is 1. The molecule has 27 heavy (non-hydrogen) atoms. The molecule has 0 saturated heterocycles. The molecule has 0 aliphatic rings. The highest BCUT2D eigenvalue weighted by Crippen LogP contribution is 2.30. The van der Waals surface area contributed by atoms with Crippen molar-refractivity contribution in [3.63, 3.8) is 0 Å². The van der Waals surface area contributed by atoms with Crippen molar-refractivity contribution in [3.8, 4) is 11.1 Å². The predicted molar refractivity (Wildman–Crippen MR) is 109 cm³/mol. The molecule has 0 saturated carbocycles. The Bertz CT molecular complexity index is 957. The maximum Gasteiger partial charge on any atom is 0.248 e. The normalized spacial score (nSPS) is 11.2. The number of nitrogens with zero attached hydrogens (tertiary/aromatic N) is 3. The average molecular weight is 379 g/mol. The van der Waals surface area contributed by atoms with Crippen LogP contribution in [0, 0.1) is 0 Å². The number of primary amides is 1. The zero-order valence-electron chi connectivity index (χ0n) is 15.4. The molecule has 138 valence electrons. The molecule has 1 aromatic carbocycles. The third-order valence-corrected chi connectivity index (χ3v) is 4.91. The zero-order chi connectivity index (χ0) is 19.4. The van der Waals surface area contributed by atoms with E-state index >= 15 is 0 Å². The molecule has 6 nitrogen and oxygen atoms in total. The van der Waals surface area contributed by atoms with Gasteiger partial charge in [0, 0.05) is 34.6 Å². The molecule has 7 heteroatoms. The molecule has 0 fully saturated rings. The molecule has 0 spiro atoms. The third kappa shape index (κ3) is 4.25. The number of anilines is 1. The van der Waals surface area contributed by atoms with Crippen molar-refractivity contribution >= 4 is 23.6 Å². The summed E-state index contributed by atoms with van der Waals surface area (Å²) in [6, 6.07) is 11.1. The molecule has 0 unspecified atom stereocenters. The maximum absolute atomic E-state index is 11.4. The van der Waals surface area contributed by atoms with Crippen molar-refractivity contribution in [1.29, 1.82) is 0 Å². The van der Waals surface area contributed by atoms with Crippen LogP contribution in [-0.2, 0) is 5.54 Å². The summed E-state index contributed by atoms with van der Waals surface area (Å²) in [7, 11) is 0. The van der Waals surface area contributed by atoms with Gasteiger partial charge in [-0.1, -0.05) is 12.1 Å². The highest BCUT2D eigenvalue weighted by molar-refractivity contribution is 7.98. The van der Waals surface area contributed by atoms with Crippen LogP contribution in [0.4, 0.5) is 5.95 Å². The first kappa shape index (κ1) is 18.8. The van der Waals surface area contributed by atoms with E-state index in [4.69, 9.17) is 5.73 Å². The summed E-state index contributed by atoms with van der Waals surface area (Å²) < 4.78 is 0. The Morgan fingerprint density at radius 1 is 1.07 bits per heavy atom. The lowest BCUT2D eigenvalue weighted by Crippen LogP contribution is -2.30. The van der Waals surface area contributed by atoms with Crippen molar-refractivity contribution in [3.05, 3.63) is 66.2 Å². The van der Waals surface area contributed by atoms with Gasteiger partial charge in [0.15, 0.2) is 0 Å². The van der Waals surface area contributed by atoms with Gasteiger partial charge < -0.3 is 11.1 Å².